The normalized spacial score (nSPS) is 15.5. The Balaban J connectivity index is 1.52. The topological polar surface area (TPSA) is 94.3 Å². The Morgan fingerprint density at radius 1 is 1.14 bits per heavy atom. The fourth-order valence-corrected chi connectivity index (χ4v) is 4.94. The van der Waals surface area contributed by atoms with E-state index in [9.17, 15) is 14.9 Å². The summed E-state index contributed by atoms with van der Waals surface area (Å²) in [5.41, 5.74) is 2.22. The summed E-state index contributed by atoms with van der Waals surface area (Å²) in [6, 6.07) is 16.9. The number of carbonyl (C=O) groups excluding carboxylic acids is 1. The van der Waals surface area contributed by atoms with E-state index in [0.717, 1.165) is 15.6 Å². The molecular formula is C26H21BrClN3O5S. The summed E-state index contributed by atoms with van der Waals surface area (Å²) >= 11 is 10.8. The standard InChI is InChI=1S/C26H21BrClN3O5S/c1-3-30-25(32)24(37-26(30)29-18-7-10-20(27)21(28)14-18)13-17-6-11-22(23(12-17)35-2)36-15-16-4-8-19(9-5-16)31(33)34/h4-14H,3,15H2,1-2H3/b24-13-,29-26?. The lowest BCUT2D eigenvalue weighted by atomic mass is 10.1. The molecule has 0 N–H and O–H groups in total. The van der Waals surface area contributed by atoms with Crippen LogP contribution in [-0.4, -0.2) is 34.6 Å². The van der Waals surface area contributed by atoms with E-state index in [1.165, 1.54) is 31.0 Å². The van der Waals surface area contributed by atoms with Crippen LogP contribution in [-0.2, 0) is 11.4 Å². The summed E-state index contributed by atoms with van der Waals surface area (Å²) in [6.07, 6.45) is 1.79. The number of amides is 1. The van der Waals surface area contributed by atoms with Crippen LogP contribution in [0.25, 0.3) is 6.08 Å². The predicted octanol–water partition coefficient (Wildman–Crippen LogP) is 7.22. The number of benzene rings is 3. The molecule has 0 spiro atoms. The number of aliphatic imine (C=N–C) groups is 1. The Hall–Kier alpha value is -3.34. The van der Waals surface area contributed by atoms with E-state index in [0.29, 0.717) is 38.8 Å². The highest BCUT2D eigenvalue weighted by atomic mass is 79.9. The number of non-ortho nitro benzene ring substituents is 1. The first-order valence-electron chi connectivity index (χ1n) is 11.1. The van der Waals surface area contributed by atoms with Crippen LogP contribution in [0.5, 0.6) is 11.5 Å². The van der Waals surface area contributed by atoms with Gasteiger partial charge in [-0.2, -0.15) is 0 Å². The van der Waals surface area contributed by atoms with Gasteiger partial charge in [-0.05, 0) is 94.3 Å². The number of halogens is 2. The van der Waals surface area contributed by atoms with E-state index < -0.39 is 4.92 Å². The summed E-state index contributed by atoms with van der Waals surface area (Å²) in [5, 5.41) is 11.9. The molecule has 0 bridgehead atoms. The Morgan fingerprint density at radius 3 is 2.54 bits per heavy atom. The molecule has 37 heavy (non-hydrogen) atoms. The van der Waals surface area contributed by atoms with Crippen molar-refractivity contribution in [1.82, 2.24) is 4.90 Å². The number of carbonyl (C=O) groups is 1. The summed E-state index contributed by atoms with van der Waals surface area (Å²) in [5.74, 6) is 0.877. The summed E-state index contributed by atoms with van der Waals surface area (Å²) in [7, 11) is 1.54. The molecule has 0 atom stereocenters. The second-order valence-electron chi connectivity index (χ2n) is 7.78. The summed E-state index contributed by atoms with van der Waals surface area (Å²) < 4.78 is 12.1. The molecule has 8 nitrogen and oxygen atoms in total. The van der Waals surface area contributed by atoms with Gasteiger partial charge in [0.05, 0.1) is 27.6 Å². The SMILES string of the molecule is CCN1C(=O)/C(=C/c2ccc(OCc3ccc([N+](=O)[O-])cc3)c(OC)c2)SC1=Nc1ccc(Br)c(Cl)c1. The van der Waals surface area contributed by atoms with E-state index in [1.54, 1.807) is 41.3 Å². The van der Waals surface area contributed by atoms with Crippen molar-refractivity contribution in [3.8, 4) is 11.5 Å². The monoisotopic (exact) mass is 601 g/mol. The van der Waals surface area contributed by atoms with Gasteiger partial charge >= 0.3 is 0 Å². The van der Waals surface area contributed by atoms with E-state index in [4.69, 9.17) is 21.1 Å². The molecule has 11 heteroatoms. The average molecular weight is 603 g/mol. The van der Waals surface area contributed by atoms with Gasteiger partial charge in [-0.1, -0.05) is 17.7 Å². The molecule has 0 radical (unpaired) electrons. The number of nitro benzene ring substituents is 1. The van der Waals surface area contributed by atoms with Gasteiger partial charge in [0.1, 0.15) is 6.61 Å². The molecule has 190 valence electrons. The third-order valence-corrected chi connectivity index (χ3v) is 7.60. The van der Waals surface area contributed by atoms with Gasteiger partial charge < -0.3 is 9.47 Å². The van der Waals surface area contributed by atoms with Gasteiger partial charge in [0, 0.05) is 23.2 Å². The smallest absolute Gasteiger partial charge is 0.269 e. The number of nitrogens with zero attached hydrogens (tertiary/aromatic N) is 3. The Bertz CT molecular complexity index is 1410. The van der Waals surface area contributed by atoms with Crippen molar-refractivity contribution in [3.63, 3.8) is 0 Å². The molecule has 3 aromatic carbocycles. The maximum absolute atomic E-state index is 13.0. The molecule has 1 saturated heterocycles. The molecule has 0 unspecified atom stereocenters. The van der Waals surface area contributed by atoms with Gasteiger partial charge in [0.2, 0.25) is 0 Å². The summed E-state index contributed by atoms with van der Waals surface area (Å²) in [4.78, 5) is 30.2. The minimum Gasteiger partial charge on any atom is -0.493 e. The molecule has 0 aliphatic carbocycles. The number of methoxy groups -OCH3 is 1. The predicted molar refractivity (Wildman–Crippen MR) is 150 cm³/mol. The minimum absolute atomic E-state index is 0.0218. The maximum Gasteiger partial charge on any atom is 0.269 e. The van der Waals surface area contributed by atoms with Crippen LogP contribution < -0.4 is 9.47 Å². The lowest BCUT2D eigenvalue weighted by Gasteiger charge is -2.12. The van der Waals surface area contributed by atoms with Gasteiger partial charge in [-0.15, -0.1) is 0 Å². The number of nitro groups is 1. The van der Waals surface area contributed by atoms with Gasteiger partial charge in [-0.3, -0.25) is 19.8 Å². The number of likely N-dealkylation sites (N-methyl/N-ethyl adjacent to an activating group) is 1. The largest absolute Gasteiger partial charge is 0.493 e. The number of rotatable bonds is 8. The zero-order valence-corrected chi connectivity index (χ0v) is 23.0. The lowest BCUT2D eigenvalue weighted by Crippen LogP contribution is -2.28. The van der Waals surface area contributed by atoms with E-state index in [2.05, 4.69) is 20.9 Å². The average Bonchev–Trinajstić information content (AvgIpc) is 3.18. The second kappa shape index (κ2) is 11.8. The van der Waals surface area contributed by atoms with Gasteiger partial charge in [0.25, 0.3) is 11.6 Å². The second-order valence-corrected chi connectivity index (χ2v) is 10.0. The van der Waals surface area contributed by atoms with Crippen molar-refractivity contribution in [1.29, 1.82) is 0 Å². The van der Waals surface area contributed by atoms with Crippen LogP contribution in [0.4, 0.5) is 11.4 Å². The van der Waals surface area contributed by atoms with Crippen LogP contribution in [0, 0.1) is 10.1 Å². The molecule has 0 saturated carbocycles. The van der Waals surface area contributed by atoms with Crippen LogP contribution in [0.2, 0.25) is 5.02 Å². The fraction of sp³-hybridized carbons (Fsp3) is 0.154. The van der Waals surface area contributed by atoms with E-state index in [1.807, 2.05) is 25.1 Å². The molecule has 1 heterocycles. The zero-order valence-electron chi connectivity index (χ0n) is 19.8. The third kappa shape index (κ3) is 6.33. The zero-order chi connectivity index (χ0) is 26.5. The number of hydrogen-bond donors (Lipinski definition) is 0. The molecule has 1 aliphatic rings. The number of amidine groups is 1. The number of ether oxygens (including phenoxy) is 2. The summed E-state index contributed by atoms with van der Waals surface area (Å²) in [6.45, 7) is 2.59. The first kappa shape index (κ1) is 26.7. The molecule has 1 amide bonds. The highest BCUT2D eigenvalue weighted by molar-refractivity contribution is 9.10. The number of hydrogen-bond acceptors (Lipinski definition) is 7. The van der Waals surface area contributed by atoms with Crippen molar-refractivity contribution < 1.29 is 19.2 Å². The molecule has 1 aliphatic heterocycles. The lowest BCUT2D eigenvalue weighted by molar-refractivity contribution is -0.384. The first-order chi connectivity index (χ1) is 17.8. The Labute approximate surface area is 231 Å². The minimum atomic E-state index is -0.445. The molecular weight excluding hydrogens is 582 g/mol. The van der Waals surface area contributed by atoms with Crippen molar-refractivity contribution >= 4 is 67.8 Å². The maximum atomic E-state index is 13.0. The van der Waals surface area contributed by atoms with Crippen molar-refractivity contribution in [2.24, 2.45) is 4.99 Å². The first-order valence-corrected chi connectivity index (χ1v) is 13.1. The Morgan fingerprint density at radius 2 is 1.89 bits per heavy atom. The van der Waals surface area contributed by atoms with Crippen LogP contribution in [0.3, 0.4) is 0 Å². The highest BCUT2D eigenvalue weighted by Crippen LogP contribution is 2.37. The van der Waals surface area contributed by atoms with E-state index >= 15 is 0 Å². The molecule has 0 aromatic heterocycles. The quantitative estimate of drug-likeness (QED) is 0.153. The van der Waals surface area contributed by atoms with Crippen LogP contribution in [0.15, 0.2) is 75.0 Å². The van der Waals surface area contributed by atoms with Crippen LogP contribution in [0.1, 0.15) is 18.1 Å². The van der Waals surface area contributed by atoms with Crippen molar-refractivity contribution in [3.05, 3.63) is 96.3 Å². The van der Waals surface area contributed by atoms with Crippen molar-refractivity contribution in [2.45, 2.75) is 13.5 Å². The van der Waals surface area contributed by atoms with Crippen LogP contribution >= 0.6 is 39.3 Å². The van der Waals surface area contributed by atoms with Crippen molar-refractivity contribution in [2.75, 3.05) is 13.7 Å². The third-order valence-electron chi connectivity index (χ3n) is 5.36. The number of thioether (sulfide) groups is 1. The van der Waals surface area contributed by atoms with Gasteiger partial charge in [0.15, 0.2) is 16.7 Å². The fourth-order valence-electron chi connectivity index (χ4n) is 3.45. The van der Waals surface area contributed by atoms with Gasteiger partial charge in [-0.25, -0.2) is 4.99 Å². The molecule has 3 aromatic rings. The molecule has 1 fully saturated rings. The highest BCUT2D eigenvalue weighted by Gasteiger charge is 2.32. The van der Waals surface area contributed by atoms with E-state index in [-0.39, 0.29) is 18.2 Å². The molecule has 4 rings (SSSR count). The Kier molecular flexibility index (Phi) is 8.52.